The van der Waals surface area contributed by atoms with Crippen LogP contribution in [-0.2, 0) is 6.42 Å². The minimum atomic E-state index is -0.141. The normalized spacial score (nSPS) is 16.8. The third-order valence-electron chi connectivity index (χ3n) is 4.59. The first kappa shape index (κ1) is 19.7. The number of aliphatic imine (C=N–C) groups is 1. The van der Waals surface area contributed by atoms with Gasteiger partial charge >= 0.3 is 0 Å². The summed E-state index contributed by atoms with van der Waals surface area (Å²) in [4.78, 5) is 9.60. The molecule has 1 saturated heterocycles. The van der Waals surface area contributed by atoms with E-state index in [4.69, 9.17) is 0 Å². The topological polar surface area (TPSA) is 42.9 Å². The summed E-state index contributed by atoms with van der Waals surface area (Å²) >= 11 is 0. The summed E-state index contributed by atoms with van der Waals surface area (Å²) in [6.07, 6.45) is 0.649. The molecule has 5 nitrogen and oxygen atoms in total. The van der Waals surface area contributed by atoms with E-state index >= 15 is 0 Å². The summed E-state index contributed by atoms with van der Waals surface area (Å²) in [5.41, 5.74) is 0.736. The molecule has 0 aliphatic carbocycles. The molecule has 0 unspecified atom stereocenters. The fraction of sp³-hybridized carbons (Fsp3) is 0.632. The maximum absolute atomic E-state index is 13.6. The molecule has 2 N–H and O–H groups in total. The first-order valence-electron chi connectivity index (χ1n) is 9.43. The minimum Gasteiger partial charge on any atom is -0.357 e. The lowest BCUT2D eigenvalue weighted by molar-refractivity contribution is 0.140. The van der Waals surface area contributed by atoms with Crippen molar-refractivity contribution in [3.63, 3.8) is 0 Å². The summed E-state index contributed by atoms with van der Waals surface area (Å²) in [6, 6.07) is 6.93. The van der Waals surface area contributed by atoms with Crippen molar-refractivity contribution >= 4 is 5.96 Å². The van der Waals surface area contributed by atoms with Gasteiger partial charge in [0.05, 0.1) is 6.54 Å². The Morgan fingerprint density at radius 1 is 1.08 bits per heavy atom. The lowest BCUT2D eigenvalue weighted by Gasteiger charge is -2.33. The Morgan fingerprint density at radius 2 is 1.80 bits per heavy atom. The van der Waals surface area contributed by atoms with Crippen LogP contribution in [0.1, 0.15) is 19.4 Å². The highest BCUT2D eigenvalue weighted by atomic mass is 19.1. The van der Waals surface area contributed by atoms with Gasteiger partial charge in [-0.2, -0.15) is 0 Å². The third kappa shape index (κ3) is 7.00. The average Bonchev–Trinajstić information content (AvgIpc) is 2.64. The zero-order chi connectivity index (χ0) is 17.9. The summed E-state index contributed by atoms with van der Waals surface area (Å²) in [5, 5.41) is 6.55. The molecule has 2 rings (SSSR count). The second kappa shape index (κ2) is 11.1. The number of rotatable bonds is 8. The fourth-order valence-corrected chi connectivity index (χ4v) is 2.99. The molecule has 1 aliphatic heterocycles. The van der Waals surface area contributed by atoms with Crippen LogP contribution in [-0.4, -0.2) is 74.7 Å². The maximum atomic E-state index is 13.6. The number of piperazine rings is 1. The van der Waals surface area contributed by atoms with E-state index in [0.29, 0.717) is 13.0 Å². The Morgan fingerprint density at radius 3 is 2.48 bits per heavy atom. The Kier molecular flexibility index (Phi) is 8.69. The van der Waals surface area contributed by atoms with Gasteiger partial charge in [-0.15, -0.1) is 0 Å². The number of likely N-dealkylation sites (N-methyl/N-ethyl adjacent to an activating group) is 1. The summed E-state index contributed by atoms with van der Waals surface area (Å²) in [5.74, 6) is 0.670. The zero-order valence-electron chi connectivity index (χ0n) is 15.6. The van der Waals surface area contributed by atoms with Gasteiger partial charge in [0.15, 0.2) is 5.96 Å². The van der Waals surface area contributed by atoms with E-state index in [9.17, 15) is 4.39 Å². The molecule has 1 aromatic rings. The van der Waals surface area contributed by atoms with Crippen molar-refractivity contribution in [2.24, 2.45) is 4.99 Å². The van der Waals surface area contributed by atoms with Crippen LogP contribution in [0.4, 0.5) is 4.39 Å². The van der Waals surface area contributed by atoms with Gasteiger partial charge < -0.3 is 15.5 Å². The van der Waals surface area contributed by atoms with Crippen LogP contribution in [0, 0.1) is 5.82 Å². The molecule has 1 aliphatic rings. The van der Waals surface area contributed by atoms with E-state index in [1.54, 1.807) is 6.07 Å². The predicted octanol–water partition coefficient (Wildman–Crippen LogP) is 1.56. The molecular weight excluding hydrogens is 317 g/mol. The van der Waals surface area contributed by atoms with Gasteiger partial charge in [-0.1, -0.05) is 25.1 Å². The second-order valence-electron chi connectivity index (χ2n) is 6.30. The quantitative estimate of drug-likeness (QED) is 0.552. The monoisotopic (exact) mass is 349 g/mol. The summed E-state index contributed by atoms with van der Waals surface area (Å²) in [7, 11) is 0. The van der Waals surface area contributed by atoms with Crippen LogP contribution >= 0.6 is 0 Å². The van der Waals surface area contributed by atoms with Crippen molar-refractivity contribution in [2.45, 2.75) is 20.3 Å². The second-order valence-corrected chi connectivity index (χ2v) is 6.30. The van der Waals surface area contributed by atoms with Gasteiger partial charge in [0.1, 0.15) is 5.82 Å². The highest BCUT2D eigenvalue weighted by molar-refractivity contribution is 5.79. The van der Waals surface area contributed by atoms with E-state index in [1.165, 1.54) is 6.07 Å². The number of nitrogens with zero attached hydrogens (tertiary/aromatic N) is 3. The lowest BCUT2D eigenvalue weighted by Crippen LogP contribution is -2.47. The molecule has 6 heteroatoms. The highest BCUT2D eigenvalue weighted by Gasteiger charge is 2.14. The van der Waals surface area contributed by atoms with Crippen LogP contribution in [0.3, 0.4) is 0 Å². The van der Waals surface area contributed by atoms with Gasteiger partial charge in [0, 0.05) is 45.8 Å². The van der Waals surface area contributed by atoms with Crippen LogP contribution in [0.15, 0.2) is 29.3 Å². The van der Waals surface area contributed by atoms with E-state index in [-0.39, 0.29) is 5.82 Å². The fourth-order valence-electron chi connectivity index (χ4n) is 2.99. The molecule has 0 amide bonds. The van der Waals surface area contributed by atoms with Crippen LogP contribution in [0.5, 0.6) is 0 Å². The van der Waals surface area contributed by atoms with Crippen LogP contribution in [0.2, 0.25) is 0 Å². The van der Waals surface area contributed by atoms with E-state index < -0.39 is 0 Å². The zero-order valence-corrected chi connectivity index (χ0v) is 15.6. The van der Waals surface area contributed by atoms with Crippen molar-refractivity contribution in [3.8, 4) is 0 Å². The smallest absolute Gasteiger partial charge is 0.191 e. The van der Waals surface area contributed by atoms with Gasteiger partial charge in [0.25, 0.3) is 0 Å². The Hall–Kier alpha value is -1.66. The van der Waals surface area contributed by atoms with Gasteiger partial charge in [-0.3, -0.25) is 9.89 Å². The Balaban J connectivity index is 1.72. The average molecular weight is 349 g/mol. The highest BCUT2D eigenvalue weighted by Crippen LogP contribution is 2.06. The predicted molar refractivity (Wildman–Crippen MR) is 103 cm³/mol. The Bertz CT molecular complexity index is 526. The number of hydrogen-bond acceptors (Lipinski definition) is 3. The molecule has 25 heavy (non-hydrogen) atoms. The molecule has 0 radical (unpaired) electrons. The summed E-state index contributed by atoms with van der Waals surface area (Å²) in [6.45, 7) is 13.2. The number of guanidine groups is 1. The maximum Gasteiger partial charge on any atom is 0.191 e. The lowest BCUT2D eigenvalue weighted by atomic mass is 10.1. The molecule has 1 aromatic carbocycles. The van der Waals surface area contributed by atoms with Crippen molar-refractivity contribution in [1.82, 2.24) is 20.4 Å². The van der Waals surface area contributed by atoms with Crippen LogP contribution in [0.25, 0.3) is 0 Å². The number of halogens is 1. The standard InChI is InChI=1S/C19H32FN5/c1-3-21-19(22-10-9-17-7-5-6-8-18(17)20)23-11-12-25-15-13-24(4-2)14-16-25/h5-8H,3-4,9-16H2,1-2H3,(H2,21,22,23). The van der Waals surface area contributed by atoms with Gasteiger partial charge in [0.2, 0.25) is 0 Å². The van der Waals surface area contributed by atoms with E-state index in [1.807, 2.05) is 12.1 Å². The molecule has 0 bridgehead atoms. The van der Waals surface area contributed by atoms with Crippen molar-refractivity contribution < 1.29 is 4.39 Å². The van der Waals surface area contributed by atoms with E-state index in [2.05, 4.69) is 39.3 Å². The van der Waals surface area contributed by atoms with E-state index in [0.717, 1.165) is 63.9 Å². The van der Waals surface area contributed by atoms with Gasteiger partial charge in [-0.25, -0.2) is 4.39 Å². The molecule has 1 fully saturated rings. The SMILES string of the molecule is CCNC(=NCCN1CCN(CC)CC1)NCCc1ccccc1F. The van der Waals surface area contributed by atoms with Gasteiger partial charge in [-0.05, 0) is 31.5 Å². The van der Waals surface area contributed by atoms with Crippen molar-refractivity contribution in [2.75, 3.05) is 58.9 Å². The molecule has 0 saturated carbocycles. The molecule has 0 atom stereocenters. The first-order chi connectivity index (χ1) is 12.2. The molecule has 140 valence electrons. The minimum absolute atomic E-state index is 0.141. The molecule has 0 aromatic heterocycles. The molecule has 1 heterocycles. The van der Waals surface area contributed by atoms with Crippen molar-refractivity contribution in [1.29, 1.82) is 0 Å². The number of benzene rings is 1. The Labute approximate surface area is 151 Å². The number of hydrogen-bond donors (Lipinski definition) is 2. The largest absolute Gasteiger partial charge is 0.357 e. The number of nitrogens with one attached hydrogen (secondary N) is 2. The van der Waals surface area contributed by atoms with Crippen LogP contribution < -0.4 is 10.6 Å². The third-order valence-corrected chi connectivity index (χ3v) is 4.59. The molecule has 0 spiro atoms. The molecular formula is C19H32FN5. The summed E-state index contributed by atoms with van der Waals surface area (Å²) < 4.78 is 13.6. The first-order valence-corrected chi connectivity index (χ1v) is 9.43. The van der Waals surface area contributed by atoms with Crippen molar-refractivity contribution in [3.05, 3.63) is 35.6 Å².